The Kier molecular flexibility index (Phi) is 6.16. The predicted molar refractivity (Wildman–Crippen MR) is 87.4 cm³/mol. The van der Waals surface area contributed by atoms with Gasteiger partial charge in [-0.25, -0.2) is 4.79 Å². The summed E-state index contributed by atoms with van der Waals surface area (Å²) in [6.45, 7) is 3.82. The first kappa shape index (κ1) is 17.5. The quantitative estimate of drug-likeness (QED) is 0.874. The minimum absolute atomic E-state index is 0.107. The van der Waals surface area contributed by atoms with Gasteiger partial charge >= 0.3 is 5.97 Å². The van der Waals surface area contributed by atoms with Gasteiger partial charge in [-0.15, -0.1) is 0 Å². The Balaban J connectivity index is 1.90. The molecule has 1 aromatic carbocycles. The maximum absolute atomic E-state index is 12.3. The molecule has 1 aliphatic heterocycles. The molecule has 0 spiro atoms. The van der Waals surface area contributed by atoms with Crippen molar-refractivity contribution < 1.29 is 19.4 Å². The molecule has 1 unspecified atom stereocenters. The lowest BCUT2D eigenvalue weighted by Crippen LogP contribution is -2.42. The van der Waals surface area contributed by atoms with E-state index in [2.05, 4.69) is 0 Å². The maximum Gasteiger partial charge on any atom is 0.335 e. The number of piperidine rings is 1. The van der Waals surface area contributed by atoms with Crippen molar-refractivity contribution in [3.8, 4) is 0 Å². The monoisotopic (exact) mass is 319 g/mol. The normalized spacial score (nSPS) is 17.0. The lowest BCUT2D eigenvalue weighted by Gasteiger charge is -2.33. The third-order valence-electron chi connectivity index (χ3n) is 4.52. The SMILES string of the molecule is COCC(C)C(=O)N1CCC(Cc2ccccc2C(=O)O)CC1. The summed E-state index contributed by atoms with van der Waals surface area (Å²) in [6, 6.07) is 7.18. The van der Waals surface area contributed by atoms with Crippen molar-refractivity contribution in [1.82, 2.24) is 4.90 Å². The van der Waals surface area contributed by atoms with Gasteiger partial charge in [-0.3, -0.25) is 4.79 Å². The van der Waals surface area contributed by atoms with Crippen LogP contribution < -0.4 is 0 Å². The molecule has 23 heavy (non-hydrogen) atoms. The molecule has 1 N–H and O–H groups in total. The number of hydrogen-bond acceptors (Lipinski definition) is 3. The first-order valence-electron chi connectivity index (χ1n) is 8.11. The number of methoxy groups -OCH3 is 1. The fourth-order valence-corrected chi connectivity index (χ4v) is 3.21. The van der Waals surface area contributed by atoms with Crippen LogP contribution in [0.25, 0.3) is 0 Å². The second-order valence-corrected chi connectivity index (χ2v) is 6.29. The standard InChI is InChI=1S/C18H25NO4/c1-13(12-23-2)17(20)19-9-7-14(8-10-19)11-15-5-3-4-6-16(15)18(21)22/h3-6,13-14H,7-12H2,1-2H3,(H,21,22). The molecule has 1 heterocycles. The van der Waals surface area contributed by atoms with E-state index in [0.29, 0.717) is 18.1 Å². The van der Waals surface area contributed by atoms with Crippen molar-refractivity contribution in [2.75, 3.05) is 26.8 Å². The van der Waals surface area contributed by atoms with Gasteiger partial charge in [0.25, 0.3) is 0 Å². The lowest BCUT2D eigenvalue weighted by atomic mass is 9.88. The summed E-state index contributed by atoms with van der Waals surface area (Å²) in [4.78, 5) is 25.4. The molecule has 0 aliphatic carbocycles. The van der Waals surface area contributed by atoms with E-state index in [0.717, 1.165) is 37.9 Å². The minimum atomic E-state index is -0.874. The zero-order valence-corrected chi connectivity index (χ0v) is 13.8. The Bertz CT molecular complexity index is 550. The van der Waals surface area contributed by atoms with Crippen molar-refractivity contribution >= 4 is 11.9 Å². The van der Waals surface area contributed by atoms with Gasteiger partial charge in [-0.05, 0) is 36.8 Å². The number of carboxylic acid groups (broad SMARTS) is 1. The van der Waals surface area contributed by atoms with Gasteiger partial charge in [0.05, 0.1) is 18.1 Å². The fourth-order valence-electron chi connectivity index (χ4n) is 3.21. The number of nitrogens with zero attached hydrogens (tertiary/aromatic N) is 1. The van der Waals surface area contributed by atoms with E-state index < -0.39 is 5.97 Å². The number of carboxylic acids is 1. The lowest BCUT2D eigenvalue weighted by molar-refractivity contribution is -0.138. The van der Waals surface area contributed by atoms with E-state index in [1.54, 1.807) is 19.2 Å². The summed E-state index contributed by atoms with van der Waals surface area (Å²) < 4.78 is 5.05. The van der Waals surface area contributed by atoms with E-state index in [1.807, 2.05) is 24.0 Å². The molecular formula is C18H25NO4. The van der Waals surface area contributed by atoms with Crippen molar-refractivity contribution in [2.24, 2.45) is 11.8 Å². The van der Waals surface area contributed by atoms with Crippen molar-refractivity contribution in [1.29, 1.82) is 0 Å². The van der Waals surface area contributed by atoms with Crippen LogP contribution in [0.2, 0.25) is 0 Å². The number of likely N-dealkylation sites (tertiary alicyclic amines) is 1. The van der Waals surface area contributed by atoms with Crippen LogP contribution in [0.1, 0.15) is 35.7 Å². The average Bonchev–Trinajstić information content (AvgIpc) is 2.55. The zero-order valence-electron chi connectivity index (χ0n) is 13.8. The van der Waals surface area contributed by atoms with E-state index in [-0.39, 0.29) is 11.8 Å². The average molecular weight is 319 g/mol. The summed E-state index contributed by atoms with van der Waals surface area (Å²) in [5, 5.41) is 9.26. The van der Waals surface area contributed by atoms with Gasteiger partial charge in [-0.2, -0.15) is 0 Å². The highest BCUT2D eigenvalue weighted by Gasteiger charge is 2.26. The molecule has 1 aliphatic rings. The van der Waals surface area contributed by atoms with Gasteiger partial charge < -0.3 is 14.7 Å². The molecular weight excluding hydrogens is 294 g/mol. The number of rotatable bonds is 6. The van der Waals surface area contributed by atoms with Gasteiger partial charge in [0.2, 0.25) is 5.91 Å². The largest absolute Gasteiger partial charge is 0.478 e. The Labute approximate surface area is 137 Å². The molecule has 5 nitrogen and oxygen atoms in total. The highest BCUT2D eigenvalue weighted by Crippen LogP contribution is 2.24. The number of carbonyl (C=O) groups is 2. The van der Waals surface area contributed by atoms with E-state index in [4.69, 9.17) is 4.74 Å². The number of aromatic carboxylic acids is 1. The second kappa shape index (κ2) is 8.11. The minimum Gasteiger partial charge on any atom is -0.478 e. The molecule has 1 saturated heterocycles. The third-order valence-corrected chi connectivity index (χ3v) is 4.52. The first-order valence-corrected chi connectivity index (χ1v) is 8.11. The second-order valence-electron chi connectivity index (χ2n) is 6.29. The summed E-state index contributed by atoms with van der Waals surface area (Å²) in [5.41, 5.74) is 1.28. The molecule has 1 amide bonds. The third kappa shape index (κ3) is 4.55. The van der Waals surface area contributed by atoms with E-state index >= 15 is 0 Å². The highest BCUT2D eigenvalue weighted by molar-refractivity contribution is 5.89. The van der Waals surface area contributed by atoms with Crippen molar-refractivity contribution in [3.05, 3.63) is 35.4 Å². The molecule has 1 aromatic rings. The topological polar surface area (TPSA) is 66.8 Å². The van der Waals surface area contributed by atoms with Crippen LogP contribution in [0, 0.1) is 11.8 Å². The predicted octanol–water partition coefficient (Wildman–Crippen LogP) is 2.45. The highest BCUT2D eigenvalue weighted by atomic mass is 16.5. The molecule has 1 atom stereocenters. The van der Waals surface area contributed by atoms with Crippen LogP contribution in [0.3, 0.4) is 0 Å². The summed E-state index contributed by atoms with van der Waals surface area (Å²) in [6.07, 6.45) is 2.59. The van der Waals surface area contributed by atoms with Crippen molar-refractivity contribution in [3.63, 3.8) is 0 Å². The Morgan fingerprint density at radius 2 is 1.96 bits per heavy atom. The van der Waals surface area contributed by atoms with Crippen LogP contribution >= 0.6 is 0 Å². The van der Waals surface area contributed by atoms with Crippen LogP contribution in [-0.4, -0.2) is 48.7 Å². The fraction of sp³-hybridized carbons (Fsp3) is 0.556. The molecule has 126 valence electrons. The molecule has 0 saturated carbocycles. The molecule has 1 fully saturated rings. The number of carbonyl (C=O) groups excluding carboxylic acids is 1. The van der Waals surface area contributed by atoms with Crippen LogP contribution in [0.4, 0.5) is 0 Å². The van der Waals surface area contributed by atoms with Gasteiger partial charge in [-0.1, -0.05) is 25.1 Å². The molecule has 2 rings (SSSR count). The number of benzene rings is 1. The van der Waals surface area contributed by atoms with Crippen LogP contribution in [0.15, 0.2) is 24.3 Å². The van der Waals surface area contributed by atoms with Gasteiger partial charge in [0, 0.05) is 20.2 Å². The molecule has 0 aromatic heterocycles. The summed E-state index contributed by atoms with van der Waals surface area (Å²) in [5.74, 6) is -0.403. The molecule has 0 radical (unpaired) electrons. The smallest absolute Gasteiger partial charge is 0.335 e. The molecule has 5 heteroatoms. The number of amides is 1. The number of ether oxygens (including phenoxy) is 1. The Morgan fingerprint density at radius 1 is 1.30 bits per heavy atom. The van der Waals surface area contributed by atoms with E-state index in [1.165, 1.54) is 0 Å². The Morgan fingerprint density at radius 3 is 2.57 bits per heavy atom. The summed E-state index contributed by atoms with van der Waals surface area (Å²) >= 11 is 0. The molecule has 0 bridgehead atoms. The zero-order chi connectivity index (χ0) is 16.8. The van der Waals surface area contributed by atoms with Crippen LogP contribution in [-0.2, 0) is 16.0 Å². The Hall–Kier alpha value is -1.88. The number of hydrogen-bond donors (Lipinski definition) is 1. The van der Waals surface area contributed by atoms with E-state index in [9.17, 15) is 14.7 Å². The maximum atomic E-state index is 12.3. The summed E-state index contributed by atoms with van der Waals surface area (Å²) in [7, 11) is 1.61. The van der Waals surface area contributed by atoms with Gasteiger partial charge in [0.15, 0.2) is 0 Å². The van der Waals surface area contributed by atoms with Crippen molar-refractivity contribution in [2.45, 2.75) is 26.2 Å². The first-order chi connectivity index (χ1) is 11.0. The van der Waals surface area contributed by atoms with Crippen LogP contribution in [0.5, 0.6) is 0 Å². The van der Waals surface area contributed by atoms with Gasteiger partial charge in [0.1, 0.15) is 0 Å².